The van der Waals surface area contributed by atoms with Crippen LogP contribution in [0.15, 0.2) is 60.8 Å². The number of benzene rings is 2. The molecule has 0 saturated heterocycles. The summed E-state index contributed by atoms with van der Waals surface area (Å²) in [4.78, 5) is 15.3. The number of hydrogen-bond acceptors (Lipinski definition) is 5. The minimum atomic E-state index is -0.614. The standard InChI is InChI=1S/C27H34N3O.K.H2S2/c1-17(2)25(31)27(6,7)26(4,5)18(3)30-16-19-12-8-9-13-20(19)23(28)24(29)21-14-10-11-15-22(21)30;;1-2/h8-15,17,28H,3,16,29H2,1-2,4-7H3;;1-2H/q-1;+1;/b24-23-;;. The molecule has 0 aromatic heterocycles. The molecule has 1 aliphatic rings. The number of hydrogen-bond donors (Lipinski definition) is 3. The molecule has 1 aliphatic heterocycles. The smallest absolute Gasteiger partial charge is 0.697 e. The summed E-state index contributed by atoms with van der Waals surface area (Å²) in [6.07, 6.45) is 0. The van der Waals surface area contributed by atoms with E-state index < -0.39 is 10.8 Å². The Morgan fingerprint density at radius 3 is 2.06 bits per heavy atom. The second-order valence-electron chi connectivity index (χ2n) is 9.76. The van der Waals surface area contributed by atoms with Crippen molar-refractivity contribution in [1.29, 1.82) is 0 Å². The Morgan fingerprint density at radius 1 is 1.00 bits per heavy atom. The predicted octanol–water partition coefficient (Wildman–Crippen LogP) is 4.40. The molecule has 0 aliphatic carbocycles. The Kier molecular flexibility index (Phi) is 11.6. The number of carbonyl (C=O) groups is 1. The van der Waals surface area contributed by atoms with E-state index in [1.54, 1.807) is 0 Å². The Balaban J connectivity index is 0.00000188. The van der Waals surface area contributed by atoms with Crippen LogP contribution in [0, 0.1) is 16.7 Å². The van der Waals surface area contributed by atoms with E-state index >= 15 is 0 Å². The van der Waals surface area contributed by atoms with Crippen LogP contribution >= 0.6 is 23.3 Å². The predicted molar refractivity (Wildman–Crippen MR) is 149 cm³/mol. The minimum Gasteiger partial charge on any atom is -0.697 e. The van der Waals surface area contributed by atoms with Crippen molar-refractivity contribution < 1.29 is 56.2 Å². The van der Waals surface area contributed by atoms with E-state index in [1.807, 2.05) is 76.2 Å². The van der Waals surface area contributed by atoms with E-state index in [-0.39, 0.29) is 63.1 Å². The number of Topliss-reactive ketones (excluding diaryl/α,β-unsaturated/α-hetero) is 1. The third-order valence-corrected chi connectivity index (χ3v) is 7.12. The fraction of sp³-hybridized carbons (Fsp3) is 0.370. The van der Waals surface area contributed by atoms with Crippen molar-refractivity contribution in [3.8, 4) is 0 Å². The third-order valence-electron chi connectivity index (χ3n) is 7.12. The van der Waals surface area contributed by atoms with Gasteiger partial charge in [0.05, 0.1) is 5.69 Å². The minimum absolute atomic E-state index is 0. The van der Waals surface area contributed by atoms with E-state index in [2.05, 4.69) is 48.6 Å². The zero-order chi connectivity index (χ0) is 25.1. The quantitative estimate of drug-likeness (QED) is 0.310. The summed E-state index contributed by atoms with van der Waals surface area (Å²) in [5.41, 5.74) is 19.3. The van der Waals surface area contributed by atoms with E-state index in [1.165, 1.54) is 0 Å². The molecule has 34 heavy (non-hydrogen) atoms. The molecule has 1 heterocycles. The second kappa shape index (κ2) is 12.5. The first-order chi connectivity index (χ1) is 15.4. The monoisotopic (exact) mass is 521 g/mol. The number of nitrogens with one attached hydrogen (secondary N) is 1. The first-order valence-electron chi connectivity index (χ1n) is 11.0. The largest absolute Gasteiger partial charge is 1.00 e. The molecule has 178 valence electrons. The van der Waals surface area contributed by atoms with Crippen LogP contribution in [0.5, 0.6) is 0 Å². The molecule has 0 fully saturated rings. The van der Waals surface area contributed by atoms with Crippen molar-refractivity contribution in [3.63, 3.8) is 0 Å². The van der Waals surface area contributed by atoms with E-state index in [0.29, 0.717) is 17.9 Å². The van der Waals surface area contributed by atoms with Gasteiger partial charge < -0.3 is 16.4 Å². The van der Waals surface area contributed by atoms with Crippen molar-refractivity contribution >= 4 is 46.2 Å². The molecule has 0 bridgehead atoms. The number of rotatable bonds is 5. The number of nitrogens with zero attached hydrogens (tertiary/aromatic N) is 1. The number of anilines is 1. The molecule has 0 amide bonds. The van der Waals surface area contributed by atoms with Gasteiger partial charge in [0, 0.05) is 40.3 Å². The Bertz CT molecular complexity index is 1080. The van der Waals surface area contributed by atoms with E-state index in [0.717, 1.165) is 28.1 Å². The average molecular weight is 522 g/mol. The summed E-state index contributed by atoms with van der Waals surface area (Å²) in [6, 6.07) is 15.8. The van der Waals surface area contributed by atoms with Crippen molar-refractivity contribution in [2.75, 3.05) is 4.90 Å². The summed E-state index contributed by atoms with van der Waals surface area (Å²) in [6.45, 7) is 17.2. The van der Waals surface area contributed by atoms with Crippen LogP contribution in [0.2, 0.25) is 0 Å². The number of nitrogens with two attached hydrogens (primary N) is 1. The molecule has 0 unspecified atom stereocenters. The molecule has 0 atom stereocenters. The number of fused-ring (bicyclic) bond motifs is 2. The van der Waals surface area contributed by atoms with Gasteiger partial charge in [-0.3, -0.25) is 4.79 Å². The Labute approximate surface area is 258 Å². The van der Waals surface area contributed by atoms with Crippen molar-refractivity contribution in [2.45, 2.75) is 48.1 Å². The van der Waals surface area contributed by atoms with Gasteiger partial charge in [0.1, 0.15) is 5.78 Å². The van der Waals surface area contributed by atoms with Gasteiger partial charge in [-0.05, 0) is 17.2 Å². The van der Waals surface area contributed by atoms with Crippen LogP contribution in [0.25, 0.3) is 17.1 Å². The van der Waals surface area contributed by atoms with Gasteiger partial charge >= 0.3 is 51.4 Å². The molecule has 0 radical (unpaired) electrons. The van der Waals surface area contributed by atoms with Gasteiger partial charge in [-0.2, -0.15) is 0 Å². The molecular weight excluding hydrogens is 486 g/mol. The fourth-order valence-electron chi connectivity index (χ4n) is 4.34. The average Bonchev–Trinajstić information content (AvgIpc) is 2.81. The normalized spacial score (nSPS) is 15.6. The molecule has 4 nitrogen and oxygen atoms in total. The molecule has 3 rings (SSSR count). The van der Waals surface area contributed by atoms with E-state index in [4.69, 9.17) is 11.5 Å². The number of allylic oxidation sites excluding steroid dienone is 1. The van der Waals surface area contributed by atoms with Crippen LogP contribution in [-0.4, -0.2) is 5.78 Å². The van der Waals surface area contributed by atoms with Crippen molar-refractivity contribution in [2.24, 2.45) is 22.5 Å². The first kappa shape index (κ1) is 31.4. The number of thiol groups is 2. The summed E-state index contributed by atoms with van der Waals surface area (Å²) in [7, 11) is 0. The van der Waals surface area contributed by atoms with E-state index in [9.17, 15) is 4.79 Å². The second-order valence-corrected chi connectivity index (χ2v) is 9.76. The zero-order valence-electron chi connectivity index (χ0n) is 21.4. The van der Waals surface area contributed by atoms with Gasteiger partial charge in [0.2, 0.25) is 0 Å². The Morgan fingerprint density at radius 2 is 1.50 bits per heavy atom. The maximum Gasteiger partial charge on any atom is 1.00 e. The van der Waals surface area contributed by atoms with Gasteiger partial charge in [-0.15, -0.1) is 29.0 Å². The SMILES string of the molecule is C=C(N1Cc2ccccc2/C([NH-])=C(/N)c2ccccc21)C(C)(C)C(C)(C)C(=O)C(C)C.SS.[K+]. The maximum absolute atomic E-state index is 13.1. The van der Waals surface area contributed by atoms with Gasteiger partial charge in [-0.1, -0.05) is 90.6 Å². The number of para-hydroxylation sites is 1. The van der Waals surface area contributed by atoms with Crippen LogP contribution in [0.1, 0.15) is 58.2 Å². The molecule has 0 saturated carbocycles. The molecule has 2 aromatic carbocycles. The summed E-state index contributed by atoms with van der Waals surface area (Å²) in [5.74, 6) is 0.152. The van der Waals surface area contributed by atoms with Crippen LogP contribution in [0.4, 0.5) is 5.69 Å². The van der Waals surface area contributed by atoms with Gasteiger partial charge in [-0.25, -0.2) is 0 Å². The molecular formula is C27H36KN3OS2. The number of carbonyl (C=O) groups excluding carboxylic acids is 1. The maximum atomic E-state index is 13.1. The number of ketones is 1. The summed E-state index contributed by atoms with van der Waals surface area (Å²) < 4.78 is 0. The van der Waals surface area contributed by atoms with Crippen LogP contribution < -0.4 is 62.0 Å². The first-order valence-corrected chi connectivity index (χ1v) is 12.6. The third kappa shape index (κ3) is 5.83. The topological polar surface area (TPSA) is 70.1 Å². The van der Waals surface area contributed by atoms with Gasteiger partial charge in [0.15, 0.2) is 0 Å². The molecule has 2 aromatic rings. The molecule has 7 heteroatoms. The van der Waals surface area contributed by atoms with Gasteiger partial charge in [0.25, 0.3) is 0 Å². The Hall–Kier alpha value is -0.674. The van der Waals surface area contributed by atoms with Crippen molar-refractivity contribution in [3.05, 3.63) is 83.2 Å². The van der Waals surface area contributed by atoms with Crippen LogP contribution in [0.3, 0.4) is 0 Å². The summed E-state index contributed by atoms with van der Waals surface area (Å²) >= 11 is 6.44. The summed E-state index contributed by atoms with van der Waals surface area (Å²) in [5, 5.41) is 0. The molecule has 0 spiro atoms. The zero-order valence-corrected chi connectivity index (χ0v) is 26.3. The van der Waals surface area contributed by atoms with Crippen LogP contribution in [-0.2, 0) is 11.3 Å². The fourth-order valence-corrected chi connectivity index (χ4v) is 4.34. The van der Waals surface area contributed by atoms with Crippen molar-refractivity contribution in [1.82, 2.24) is 0 Å². The molecule has 3 N–H and O–H groups in total.